The Morgan fingerprint density at radius 2 is 2.00 bits per heavy atom. The summed E-state index contributed by atoms with van der Waals surface area (Å²) >= 11 is 0. The fourth-order valence-corrected chi connectivity index (χ4v) is 2.16. The quantitative estimate of drug-likeness (QED) is 0.851. The summed E-state index contributed by atoms with van der Waals surface area (Å²) in [4.78, 5) is 15.5. The fraction of sp³-hybridized carbons (Fsp3) is 0.412. The van der Waals surface area contributed by atoms with Crippen molar-refractivity contribution in [2.24, 2.45) is 5.41 Å². The van der Waals surface area contributed by atoms with Crippen LogP contribution in [-0.2, 0) is 4.74 Å². The van der Waals surface area contributed by atoms with E-state index in [1.54, 1.807) is 6.07 Å². The van der Waals surface area contributed by atoms with Crippen molar-refractivity contribution in [3.05, 3.63) is 35.0 Å². The third-order valence-electron chi connectivity index (χ3n) is 3.67. The number of ether oxygens (including phenoxy) is 1. The molecular formula is C17H20N2O2. The molecule has 1 heterocycles. The second kappa shape index (κ2) is 5.25. The van der Waals surface area contributed by atoms with Crippen LogP contribution in [0.3, 0.4) is 0 Å². The van der Waals surface area contributed by atoms with Crippen LogP contribution in [0.15, 0.2) is 18.2 Å². The fourth-order valence-electron chi connectivity index (χ4n) is 2.16. The van der Waals surface area contributed by atoms with Gasteiger partial charge in [-0.2, -0.15) is 5.26 Å². The number of carbonyl (C=O) groups excluding carboxylic acids is 1. The topological polar surface area (TPSA) is 65.9 Å². The zero-order valence-corrected chi connectivity index (χ0v) is 13.1. The largest absolute Gasteiger partial charge is 0.443 e. The molecule has 1 atom stereocenters. The summed E-state index contributed by atoms with van der Waals surface area (Å²) < 4.78 is 5.34. The highest BCUT2D eigenvalue weighted by molar-refractivity contribution is 5.96. The van der Waals surface area contributed by atoms with Crippen molar-refractivity contribution in [1.82, 2.24) is 4.98 Å². The highest BCUT2D eigenvalue weighted by Gasteiger charge is 2.28. The lowest BCUT2D eigenvalue weighted by atomic mass is 9.90. The molecule has 21 heavy (non-hydrogen) atoms. The molecule has 1 aromatic heterocycles. The van der Waals surface area contributed by atoms with Gasteiger partial charge in [-0.3, -0.25) is 0 Å². The Bertz CT molecular complexity index is 730. The molecule has 4 heteroatoms. The molecule has 0 amide bonds. The van der Waals surface area contributed by atoms with Crippen molar-refractivity contribution in [1.29, 1.82) is 5.26 Å². The summed E-state index contributed by atoms with van der Waals surface area (Å²) in [5, 5.41) is 10.2. The van der Waals surface area contributed by atoms with E-state index in [0.29, 0.717) is 5.56 Å². The first kappa shape index (κ1) is 15.1. The second-order valence-corrected chi connectivity index (χ2v) is 6.42. The molecule has 110 valence electrons. The maximum Gasteiger partial charge on any atom is 0.339 e. The molecule has 1 N–H and O–H groups in total. The normalized spacial score (nSPS) is 13.0. The first-order chi connectivity index (χ1) is 9.74. The van der Waals surface area contributed by atoms with Gasteiger partial charge in [0.25, 0.3) is 0 Å². The van der Waals surface area contributed by atoms with Crippen LogP contribution in [-0.4, -0.2) is 17.1 Å². The van der Waals surface area contributed by atoms with Crippen LogP contribution < -0.4 is 0 Å². The van der Waals surface area contributed by atoms with Gasteiger partial charge >= 0.3 is 5.97 Å². The number of H-pyrrole nitrogens is 1. The van der Waals surface area contributed by atoms with E-state index in [1.165, 1.54) is 0 Å². The maximum atomic E-state index is 12.2. The Labute approximate surface area is 124 Å². The van der Waals surface area contributed by atoms with Gasteiger partial charge in [0, 0.05) is 22.0 Å². The number of esters is 1. The van der Waals surface area contributed by atoms with Gasteiger partial charge in [-0.05, 0) is 37.6 Å². The molecule has 0 saturated carbocycles. The summed E-state index contributed by atoms with van der Waals surface area (Å²) in [5.74, 6) is -0.461. The van der Waals surface area contributed by atoms with Crippen molar-refractivity contribution < 1.29 is 9.53 Å². The van der Waals surface area contributed by atoms with E-state index in [1.807, 2.05) is 52.8 Å². The molecule has 0 spiro atoms. The Morgan fingerprint density at radius 3 is 2.57 bits per heavy atom. The molecule has 0 saturated heterocycles. The Kier molecular flexibility index (Phi) is 3.78. The van der Waals surface area contributed by atoms with E-state index < -0.39 is 17.5 Å². The predicted molar refractivity (Wildman–Crippen MR) is 82.0 cm³/mol. The zero-order chi connectivity index (χ0) is 15.8. The van der Waals surface area contributed by atoms with Crippen LogP contribution in [0.2, 0.25) is 0 Å². The van der Waals surface area contributed by atoms with Gasteiger partial charge in [0.05, 0.1) is 5.56 Å². The minimum absolute atomic E-state index is 0.408. The van der Waals surface area contributed by atoms with Crippen molar-refractivity contribution in [3.8, 4) is 6.07 Å². The van der Waals surface area contributed by atoms with Crippen LogP contribution in [0.25, 0.3) is 10.9 Å². The summed E-state index contributed by atoms with van der Waals surface area (Å²) in [6.45, 7) is 9.63. The van der Waals surface area contributed by atoms with Gasteiger partial charge in [-0.1, -0.05) is 20.8 Å². The Hall–Kier alpha value is -2.28. The molecule has 0 bridgehead atoms. The predicted octanol–water partition coefficient (Wildman–Crippen LogP) is 3.88. The lowest BCUT2D eigenvalue weighted by Crippen LogP contribution is -2.30. The minimum Gasteiger partial charge on any atom is -0.443 e. The molecule has 2 rings (SSSR count). The van der Waals surface area contributed by atoms with Gasteiger partial charge in [0.2, 0.25) is 0 Å². The highest BCUT2D eigenvalue weighted by atomic mass is 16.5. The van der Waals surface area contributed by atoms with E-state index in [2.05, 4.69) is 4.98 Å². The molecule has 0 aliphatic rings. The SMILES string of the molecule is Cc1[nH]c2ccc(C(=O)O[C@@H](C#N)C(C)(C)C)cc2c1C. The van der Waals surface area contributed by atoms with E-state index in [-0.39, 0.29) is 0 Å². The van der Waals surface area contributed by atoms with E-state index in [4.69, 9.17) is 10.00 Å². The van der Waals surface area contributed by atoms with Crippen LogP contribution in [0.1, 0.15) is 42.4 Å². The van der Waals surface area contributed by atoms with Crippen LogP contribution >= 0.6 is 0 Å². The molecule has 1 aromatic carbocycles. The van der Waals surface area contributed by atoms with Crippen molar-refractivity contribution >= 4 is 16.9 Å². The standard InChI is InChI=1S/C17H20N2O2/c1-10-11(2)19-14-7-6-12(8-13(10)14)16(20)21-15(9-18)17(3,4)5/h6-8,15,19H,1-5H3/t15-/m0/s1. The van der Waals surface area contributed by atoms with E-state index >= 15 is 0 Å². The van der Waals surface area contributed by atoms with Crippen LogP contribution in [0.5, 0.6) is 0 Å². The van der Waals surface area contributed by atoms with Crippen LogP contribution in [0.4, 0.5) is 0 Å². The lowest BCUT2D eigenvalue weighted by Gasteiger charge is -2.24. The van der Waals surface area contributed by atoms with E-state index in [9.17, 15) is 4.79 Å². The number of fused-ring (bicyclic) bond motifs is 1. The number of carbonyl (C=O) groups is 1. The number of hydrogen-bond acceptors (Lipinski definition) is 3. The van der Waals surface area contributed by atoms with Gasteiger partial charge in [-0.15, -0.1) is 0 Å². The van der Waals surface area contributed by atoms with Gasteiger partial charge in [0.15, 0.2) is 6.10 Å². The molecule has 2 aromatic rings. The number of nitrogens with one attached hydrogen (secondary N) is 1. The third-order valence-corrected chi connectivity index (χ3v) is 3.67. The number of nitrogens with zero attached hydrogens (tertiary/aromatic N) is 1. The second-order valence-electron chi connectivity index (χ2n) is 6.42. The number of aromatic amines is 1. The molecule has 0 unspecified atom stereocenters. The summed E-state index contributed by atoms with van der Waals surface area (Å²) in [5.41, 5.74) is 3.26. The number of hydrogen-bond donors (Lipinski definition) is 1. The average molecular weight is 284 g/mol. The molecule has 0 radical (unpaired) electrons. The molecule has 0 aliphatic carbocycles. The van der Waals surface area contributed by atoms with Gasteiger partial charge in [-0.25, -0.2) is 4.79 Å². The summed E-state index contributed by atoms with van der Waals surface area (Å²) in [6.07, 6.45) is -0.769. The number of aromatic nitrogens is 1. The lowest BCUT2D eigenvalue weighted by molar-refractivity contribution is 0.0173. The van der Waals surface area contributed by atoms with Crippen LogP contribution in [0, 0.1) is 30.6 Å². The first-order valence-corrected chi connectivity index (χ1v) is 6.93. The number of nitriles is 1. The third kappa shape index (κ3) is 2.92. The summed E-state index contributed by atoms with van der Waals surface area (Å²) in [6, 6.07) is 7.44. The van der Waals surface area contributed by atoms with Crippen molar-refractivity contribution in [2.45, 2.75) is 40.7 Å². The average Bonchev–Trinajstić information content (AvgIpc) is 2.69. The Balaban J connectivity index is 2.32. The smallest absolute Gasteiger partial charge is 0.339 e. The highest BCUT2D eigenvalue weighted by Crippen LogP contribution is 2.25. The van der Waals surface area contributed by atoms with E-state index in [0.717, 1.165) is 22.2 Å². The number of benzene rings is 1. The van der Waals surface area contributed by atoms with Crippen molar-refractivity contribution in [2.75, 3.05) is 0 Å². The molecule has 0 fully saturated rings. The maximum absolute atomic E-state index is 12.2. The van der Waals surface area contributed by atoms with Gasteiger partial charge in [0.1, 0.15) is 6.07 Å². The van der Waals surface area contributed by atoms with Gasteiger partial charge < -0.3 is 9.72 Å². The molecule has 0 aliphatic heterocycles. The first-order valence-electron chi connectivity index (χ1n) is 6.93. The number of rotatable bonds is 2. The zero-order valence-electron chi connectivity index (χ0n) is 13.1. The number of aryl methyl sites for hydroxylation is 2. The molecular weight excluding hydrogens is 264 g/mol. The Morgan fingerprint density at radius 1 is 1.33 bits per heavy atom. The summed E-state index contributed by atoms with van der Waals surface area (Å²) in [7, 11) is 0. The van der Waals surface area contributed by atoms with Crippen molar-refractivity contribution in [3.63, 3.8) is 0 Å². The monoisotopic (exact) mass is 284 g/mol. The minimum atomic E-state index is -0.769. The molecule has 4 nitrogen and oxygen atoms in total.